The Kier molecular flexibility index (Phi) is 5.81. The number of nitrogens with zero attached hydrogens (tertiary/aromatic N) is 3. The first-order valence-corrected chi connectivity index (χ1v) is 10.4. The van der Waals surface area contributed by atoms with E-state index in [1.165, 1.54) is 29.2 Å². The number of thioether (sulfide) groups is 1. The summed E-state index contributed by atoms with van der Waals surface area (Å²) in [5.74, 6) is -1.27. The molecule has 0 atom stereocenters. The van der Waals surface area contributed by atoms with E-state index in [0.717, 1.165) is 28.7 Å². The zero-order chi connectivity index (χ0) is 22.0. The number of hydrogen-bond donors (Lipinski definition) is 1. The van der Waals surface area contributed by atoms with Gasteiger partial charge in [0.15, 0.2) is 5.16 Å². The molecule has 8 heteroatoms. The molecule has 2 heterocycles. The molecule has 0 spiro atoms. The Bertz CT molecular complexity index is 1160. The molecule has 1 aliphatic rings. The van der Waals surface area contributed by atoms with Crippen LogP contribution in [0.4, 0.5) is 10.1 Å². The smallest absolute Gasteiger partial charge is 0.278 e. The Balaban J connectivity index is 1.69. The van der Waals surface area contributed by atoms with Crippen LogP contribution in [0.15, 0.2) is 76.4 Å². The van der Waals surface area contributed by atoms with Gasteiger partial charge in [0.1, 0.15) is 16.4 Å². The lowest BCUT2D eigenvalue weighted by atomic mass is 10.2. The summed E-state index contributed by atoms with van der Waals surface area (Å²) < 4.78 is 13.3. The number of imide groups is 1. The van der Waals surface area contributed by atoms with Gasteiger partial charge in [-0.1, -0.05) is 30.3 Å². The molecule has 0 radical (unpaired) electrons. The molecule has 3 aromatic rings. The molecule has 0 saturated heterocycles. The van der Waals surface area contributed by atoms with E-state index in [1.54, 1.807) is 0 Å². The number of hydrogen-bond acceptors (Lipinski definition) is 6. The molecule has 0 bridgehead atoms. The summed E-state index contributed by atoms with van der Waals surface area (Å²) in [7, 11) is 0. The molecular formula is C23H19FN4O2S. The van der Waals surface area contributed by atoms with Crippen LogP contribution in [0.25, 0.3) is 0 Å². The summed E-state index contributed by atoms with van der Waals surface area (Å²) in [6, 6.07) is 16.7. The van der Waals surface area contributed by atoms with E-state index in [2.05, 4.69) is 15.3 Å². The second kappa shape index (κ2) is 8.69. The Morgan fingerprint density at radius 1 is 0.935 bits per heavy atom. The van der Waals surface area contributed by atoms with Crippen molar-refractivity contribution in [2.24, 2.45) is 0 Å². The predicted molar refractivity (Wildman–Crippen MR) is 116 cm³/mol. The summed E-state index contributed by atoms with van der Waals surface area (Å²) in [6.07, 6.45) is 0. The zero-order valence-electron chi connectivity index (χ0n) is 16.9. The standard InChI is InChI=1S/C23H19FN4O2S/c1-14-12-15(2)26-23(25-14)31-20-19(27-18-10-8-17(24)9-11-18)21(29)28(22(20)30)13-16-6-4-3-5-7-16/h3-12,27H,13H2,1-2H3. The molecule has 1 N–H and O–H groups in total. The van der Waals surface area contributed by atoms with Gasteiger partial charge in [-0.05, 0) is 61.5 Å². The minimum Gasteiger partial charge on any atom is -0.350 e. The van der Waals surface area contributed by atoms with Gasteiger partial charge in [0.05, 0.1) is 6.54 Å². The molecule has 1 aromatic heterocycles. The third-order valence-corrected chi connectivity index (χ3v) is 5.53. The highest BCUT2D eigenvalue weighted by Crippen LogP contribution is 2.35. The minimum atomic E-state index is -0.454. The van der Waals surface area contributed by atoms with Crippen molar-refractivity contribution in [1.82, 2.24) is 14.9 Å². The van der Waals surface area contributed by atoms with Gasteiger partial charge in [-0.3, -0.25) is 14.5 Å². The summed E-state index contributed by atoms with van der Waals surface area (Å²) in [5.41, 5.74) is 2.99. The Morgan fingerprint density at radius 2 is 1.58 bits per heavy atom. The maximum atomic E-state index is 13.3. The summed E-state index contributed by atoms with van der Waals surface area (Å²) >= 11 is 1.04. The first-order valence-electron chi connectivity index (χ1n) is 9.58. The number of aryl methyl sites for hydroxylation is 2. The van der Waals surface area contributed by atoms with Gasteiger partial charge in [0.25, 0.3) is 11.8 Å². The quantitative estimate of drug-likeness (QED) is 0.463. The van der Waals surface area contributed by atoms with E-state index in [4.69, 9.17) is 0 Å². The van der Waals surface area contributed by atoms with Gasteiger partial charge in [-0.15, -0.1) is 0 Å². The maximum absolute atomic E-state index is 13.3. The van der Waals surface area contributed by atoms with Crippen molar-refractivity contribution in [3.63, 3.8) is 0 Å². The number of carbonyl (C=O) groups excluding carboxylic acids is 2. The number of rotatable bonds is 6. The Labute approximate surface area is 183 Å². The lowest BCUT2D eigenvalue weighted by Crippen LogP contribution is -2.31. The van der Waals surface area contributed by atoms with E-state index >= 15 is 0 Å². The molecule has 156 valence electrons. The normalized spacial score (nSPS) is 13.8. The molecule has 4 rings (SSSR count). The zero-order valence-corrected chi connectivity index (χ0v) is 17.7. The Hall–Kier alpha value is -3.52. The average Bonchev–Trinajstić information content (AvgIpc) is 2.94. The molecule has 2 amide bonds. The molecule has 31 heavy (non-hydrogen) atoms. The van der Waals surface area contributed by atoms with Crippen LogP contribution in [0.1, 0.15) is 17.0 Å². The fraction of sp³-hybridized carbons (Fsp3) is 0.130. The highest BCUT2D eigenvalue weighted by atomic mass is 32.2. The second-order valence-corrected chi connectivity index (χ2v) is 8.03. The van der Waals surface area contributed by atoms with Crippen molar-refractivity contribution in [3.05, 3.63) is 94.0 Å². The molecule has 0 saturated carbocycles. The van der Waals surface area contributed by atoms with Gasteiger partial charge >= 0.3 is 0 Å². The van der Waals surface area contributed by atoms with Gasteiger partial charge < -0.3 is 5.32 Å². The molecule has 6 nitrogen and oxygen atoms in total. The van der Waals surface area contributed by atoms with Crippen LogP contribution in [0.3, 0.4) is 0 Å². The molecule has 0 aliphatic carbocycles. The fourth-order valence-electron chi connectivity index (χ4n) is 3.18. The van der Waals surface area contributed by atoms with E-state index in [0.29, 0.717) is 10.8 Å². The van der Waals surface area contributed by atoms with Crippen LogP contribution in [-0.4, -0.2) is 26.7 Å². The molecule has 0 unspecified atom stereocenters. The second-order valence-electron chi connectivity index (χ2n) is 7.05. The van der Waals surface area contributed by atoms with Gasteiger partial charge in [-0.25, -0.2) is 14.4 Å². The Morgan fingerprint density at radius 3 is 2.23 bits per heavy atom. The van der Waals surface area contributed by atoms with Crippen LogP contribution >= 0.6 is 11.8 Å². The minimum absolute atomic E-state index is 0.125. The van der Waals surface area contributed by atoms with Gasteiger partial charge in [0, 0.05) is 17.1 Å². The number of amides is 2. The maximum Gasteiger partial charge on any atom is 0.278 e. The highest BCUT2D eigenvalue weighted by molar-refractivity contribution is 8.04. The topological polar surface area (TPSA) is 75.2 Å². The van der Waals surface area contributed by atoms with E-state index in [9.17, 15) is 14.0 Å². The lowest BCUT2D eigenvalue weighted by molar-refractivity contribution is -0.137. The number of nitrogens with one attached hydrogen (secondary N) is 1. The monoisotopic (exact) mass is 434 g/mol. The summed E-state index contributed by atoms with van der Waals surface area (Å²) in [5, 5.41) is 3.37. The number of anilines is 1. The molecular weight excluding hydrogens is 415 g/mol. The van der Waals surface area contributed by atoms with E-state index in [-0.39, 0.29) is 17.1 Å². The van der Waals surface area contributed by atoms with Crippen molar-refractivity contribution in [2.75, 3.05) is 5.32 Å². The highest BCUT2D eigenvalue weighted by Gasteiger charge is 2.39. The molecule has 2 aromatic carbocycles. The van der Waals surface area contributed by atoms with Crippen molar-refractivity contribution < 1.29 is 14.0 Å². The van der Waals surface area contributed by atoms with Crippen molar-refractivity contribution in [3.8, 4) is 0 Å². The third-order valence-electron chi connectivity index (χ3n) is 4.58. The molecule has 0 fully saturated rings. The van der Waals surface area contributed by atoms with Crippen LogP contribution in [-0.2, 0) is 16.1 Å². The average molecular weight is 434 g/mol. The van der Waals surface area contributed by atoms with Crippen molar-refractivity contribution in [1.29, 1.82) is 0 Å². The summed E-state index contributed by atoms with van der Waals surface area (Å²) in [6.45, 7) is 3.83. The number of carbonyl (C=O) groups is 2. The fourth-order valence-corrected chi connectivity index (χ4v) is 4.18. The lowest BCUT2D eigenvalue weighted by Gasteiger charge is -2.15. The van der Waals surface area contributed by atoms with Crippen LogP contribution in [0, 0.1) is 19.7 Å². The van der Waals surface area contributed by atoms with E-state index < -0.39 is 17.6 Å². The largest absolute Gasteiger partial charge is 0.350 e. The van der Waals surface area contributed by atoms with Crippen LogP contribution in [0.2, 0.25) is 0 Å². The first kappa shape index (κ1) is 20.7. The van der Waals surface area contributed by atoms with Crippen molar-refractivity contribution in [2.45, 2.75) is 25.5 Å². The third kappa shape index (κ3) is 4.64. The summed E-state index contributed by atoms with van der Waals surface area (Å²) in [4.78, 5) is 36.5. The number of aromatic nitrogens is 2. The number of benzene rings is 2. The van der Waals surface area contributed by atoms with Gasteiger partial charge in [-0.2, -0.15) is 0 Å². The predicted octanol–water partition coefficient (Wildman–Crippen LogP) is 4.22. The van der Waals surface area contributed by atoms with E-state index in [1.807, 2.05) is 50.2 Å². The van der Waals surface area contributed by atoms with Crippen molar-refractivity contribution >= 4 is 29.3 Å². The molecule has 1 aliphatic heterocycles. The van der Waals surface area contributed by atoms with Crippen LogP contribution in [0.5, 0.6) is 0 Å². The van der Waals surface area contributed by atoms with Gasteiger partial charge in [0.2, 0.25) is 0 Å². The first-order chi connectivity index (χ1) is 14.9. The SMILES string of the molecule is Cc1cc(C)nc(SC2=C(Nc3ccc(F)cc3)C(=O)N(Cc3ccccc3)C2=O)n1. The van der Waals surface area contributed by atoms with Crippen LogP contribution < -0.4 is 5.32 Å². The number of halogens is 1.